The van der Waals surface area contributed by atoms with Crippen LogP contribution in [0.5, 0.6) is 0 Å². The summed E-state index contributed by atoms with van der Waals surface area (Å²) in [6.45, 7) is 6.81. The summed E-state index contributed by atoms with van der Waals surface area (Å²) in [5.74, 6) is 0.303. The van der Waals surface area contributed by atoms with Crippen molar-refractivity contribution in [3.8, 4) is 0 Å². The van der Waals surface area contributed by atoms with Gasteiger partial charge in [0.05, 0.1) is 12.0 Å². The van der Waals surface area contributed by atoms with E-state index in [0.29, 0.717) is 12.3 Å². The number of hydrogen-bond acceptors (Lipinski definition) is 4. The van der Waals surface area contributed by atoms with Gasteiger partial charge in [0.1, 0.15) is 0 Å². The number of hydrogen-bond donors (Lipinski definition) is 1. The number of rotatable bonds is 5. The van der Waals surface area contributed by atoms with Gasteiger partial charge in [-0.05, 0) is 44.9 Å². The van der Waals surface area contributed by atoms with Gasteiger partial charge in [0, 0.05) is 62.0 Å². The number of H-pyrrole nitrogens is 1. The monoisotopic (exact) mass is 367 g/mol. The summed E-state index contributed by atoms with van der Waals surface area (Å²) in [6.07, 6.45) is 8.52. The minimum absolute atomic E-state index is 0.240. The number of carbonyl (C=O) groups excluding carboxylic acids is 1. The molecule has 2 aromatic heterocycles. The molecule has 0 bridgehead atoms. The first-order valence-electron chi connectivity index (χ1n) is 10.0. The molecule has 2 aromatic rings. The number of aryl methyl sites for hydroxylation is 1. The Morgan fingerprint density at radius 3 is 3.00 bits per heavy atom. The van der Waals surface area contributed by atoms with E-state index >= 15 is 0 Å². The molecular formula is C21H29N5O. The van der Waals surface area contributed by atoms with E-state index in [-0.39, 0.29) is 5.41 Å². The first-order chi connectivity index (χ1) is 13.1. The van der Waals surface area contributed by atoms with Crippen molar-refractivity contribution in [2.75, 3.05) is 26.2 Å². The number of piperidine rings is 2. The molecule has 6 heteroatoms. The van der Waals surface area contributed by atoms with Gasteiger partial charge in [0.15, 0.2) is 0 Å². The molecule has 1 N–H and O–H groups in total. The summed E-state index contributed by atoms with van der Waals surface area (Å²) in [6, 6.07) is 6.26. The molecule has 0 aromatic carbocycles. The summed E-state index contributed by atoms with van der Waals surface area (Å²) < 4.78 is 0. The van der Waals surface area contributed by atoms with Gasteiger partial charge in [0.25, 0.3) is 0 Å². The molecule has 27 heavy (non-hydrogen) atoms. The minimum atomic E-state index is 0.240. The zero-order valence-corrected chi connectivity index (χ0v) is 16.2. The number of nitrogens with zero attached hydrogens (tertiary/aromatic N) is 4. The van der Waals surface area contributed by atoms with Crippen LogP contribution in [0, 0.1) is 12.3 Å². The Bertz CT molecular complexity index is 775. The van der Waals surface area contributed by atoms with E-state index in [1.807, 2.05) is 19.2 Å². The third-order valence-electron chi connectivity index (χ3n) is 6.03. The molecule has 1 spiro atoms. The second-order valence-corrected chi connectivity index (χ2v) is 8.23. The van der Waals surface area contributed by atoms with Crippen LogP contribution >= 0.6 is 0 Å². The molecule has 4 rings (SSSR count). The largest absolute Gasteiger partial charge is 0.348 e. The number of aromatic nitrogens is 3. The number of likely N-dealkylation sites (tertiary alicyclic amines) is 2. The third kappa shape index (κ3) is 4.38. The molecule has 0 unspecified atom stereocenters. The van der Waals surface area contributed by atoms with Gasteiger partial charge in [-0.25, -0.2) is 4.98 Å². The molecule has 144 valence electrons. The minimum Gasteiger partial charge on any atom is -0.348 e. The zero-order chi connectivity index (χ0) is 18.7. The fourth-order valence-corrected chi connectivity index (χ4v) is 4.68. The van der Waals surface area contributed by atoms with Gasteiger partial charge in [-0.1, -0.05) is 6.07 Å². The summed E-state index contributed by atoms with van der Waals surface area (Å²) in [5.41, 5.74) is 3.56. The van der Waals surface area contributed by atoms with Crippen molar-refractivity contribution < 1.29 is 4.79 Å². The van der Waals surface area contributed by atoms with E-state index in [2.05, 4.69) is 36.9 Å². The zero-order valence-electron chi connectivity index (χ0n) is 16.2. The Hall–Kier alpha value is -2.21. The van der Waals surface area contributed by atoms with E-state index in [1.165, 1.54) is 12.8 Å². The lowest BCUT2D eigenvalue weighted by Gasteiger charge is -2.48. The van der Waals surface area contributed by atoms with Crippen molar-refractivity contribution in [1.29, 1.82) is 0 Å². The van der Waals surface area contributed by atoms with Gasteiger partial charge >= 0.3 is 0 Å². The maximum Gasteiger partial charge on any atom is 0.222 e. The van der Waals surface area contributed by atoms with Crippen molar-refractivity contribution >= 4 is 5.91 Å². The predicted octanol–water partition coefficient (Wildman–Crippen LogP) is 2.56. The Morgan fingerprint density at radius 2 is 2.19 bits per heavy atom. The van der Waals surface area contributed by atoms with Crippen LogP contribution in [-0.4, -0.2) is 56.8 Å². The van der Waals surface area contributed by atoms with Crippen LogP contribution in [0.4, 0.5) is 0 Å². The average Bonchev–Trinajstić information content (AvgIpc) is 3.17. The highest BCUT2D eigenvalue weighted by Gasteiger charge is 2.41. The number of amides is 1. The van der Waals surface area contributed by atoms with Crippen molar-refractivity contribution in [1.82, 2.24) is 24.8 Å². The maximum absolute atomic E-state index is 12.5. The average molecular weight is 367 g/mol. The topological polar surface area (TPSA) is 65.1 Å². The first-order valence-corrected chi connectivity index (χ1v) is 10.0. The van der Waals surface area contributed by atoms with E-state index in [9.17, 15) is 4.79 Å². The van der Waals surface area contributed by atoms with E-state index in [0.717, 1.165) is 62.6 Å². The quantitative estimate of drug-likeness (QED) is 0.882. The second-order valence-electron chi connectivity index (χ2n) is 8.23. The molecule has 2 aliphatic heterocycles. The Balaban J connectivity index is 1.39. The molecule has 0 saturated carbocycles. The predicted molar refractivity (Wildman–Crippen MR) is 104 cm³/mol. The lowest BCUT2D eigenvalue weighted by Crippen LogP contribution is -2.54. The Morgan fingerprint density at radius 1 is 1.26 bits per heavy atom. The molecule has 2 saturated heterocycles. The summed E-state index contributed by atoms with van der Waals surface area (Å²) in [4.78, 5) is 29.0. The normalized spacial score (nSPS) is 23.9. The van der Waals surface area contributed by atoms with Crippen LogP contribution in [-0.2, 0) is 17.8 Å². The summed E-state index contributed by atoms with van der Waals surface area (Å²) in [7, 11) is 0. The molecule has 0 radical (unpaired) electrons. The third-order valence-corrected chi connectivity index (χ3v) is 6.03. The standard InChI is InChI=1S/C21H29N5O/c1-17-4-2-5-19(24-17)13-25-10-3-8-21(14-25)9-6-20(27)26(15-21)11-7-18-12-22-16-23-18/h2,4-5,12,16H,3,6-11,13-15H2,1H3,(H,22,23)/t21-/m1/s1. The Kier molecular flexibility index (Phi) is 5.25. The molecule has 2 aliphatic rings. The number of aromatic amines is 1. The maximum atomic E-state index is 12.5. The highest BCUT2D eigenvalue weighted by atomic mass is 16.2. The molecular weight excluding hydrogens is 338 g/mol. The van der Waals surface area contributed by atoms with Crippen LogP contribution in [0.25, 0.3) is 0 Å². The van der Waals surface area contributed by atoms with Crippen LogP contribution in [0.1, 0.15) is 42.8 Å². The van der Waals surface area contributed by atoms with E-state index in [1.54, 1.807) is 6.33 Å². The van der Waals surface area contributed by atoms with Crippen molar-refractivity contribution in [3.63, 3.8) is 0 Å². The van der Waals surface area contributed by atoms with Gasteiger partial charge in [-0.3, -0.25) is 14.7 Å². The highest BCUT2D eigenvalue weighted by molar-refractivity contribution is 5.77. The highest BCUT2D eigenvalue weighted by Crippen LogP contribution is 2.39. The molecule has 6 nitrogen and oxygen atoms in total. The van der Waals surface area contributed by atoms with Gasteiger partial charge in [-0.2, -0.15) is 0 Å². The number of carbonyl (C=O) groups is 1. The van der Waals surface area contributed by atoms with Crippen LogP contribution in [0.3, 0.4) is 0 Å². The van der Waals surface area contributed by atoms with Crippen LogP contribution < -0.4 is 0 Å². The Labute approximate surface area is 161 Å². The number of imidazole rings is 1. The number of pyridine rings is 1. The lowest BCUT2D eigenvalue weighted by atomic mass is 9.73. The van der Waals surface area contributed by atoms with Gasteiger partial charge < -0.3 is 9.88 Å². The van der Waals surface area contributed by atoms with Crippen molar-refractivity contribution in [3.05, 3.63) is 47.8 Å². The van der Waals surface area contributed by atoms with Gasteiger partial charge in [0.2, 0.25) is 5.91 Å². The SMILES string of the molecule is Cc1cccc(CN2CCC[C@@]3(CCC(=O)N(CCc4cnc[nH]4)C3)C2)n1. The summed E-state index contributed by atoms with van der Waals surface area (Å²) in [5, 5.41) is 0. The van der Waals surface area contributed by atoms with Crippen molar-refractivity contribution in [2.24, 2.45) is 5.41 Å². The second kappa shape index (κ2) is 7.80. The van der Waals surface area contributed by atoms with Crippen molar-refractivity contribution in [2.45, 2.75) is 45.6 Å². The van der Waals surface area contributed by atoms with E-state index < -0.39 is 0 Å². The van der Waals surface area contributed by atoms with E-state index in [4.69, 9.17) is 0 Å². The van der Waals surface area contributed by atoms with Crippen LogP contribution in [0.15, 0.2) is 30.7 Å². The molecule has 2 fully saturated rings. The first kappa shape index (κ1) is 18.2. The number of nitrogens with one attached hydrogen (secondary N) is 1. The summed E-state index contributed by atoms with van der Waals surface area (Å²) >= 11 is 0. The lowest BCUT2D eigenvalue weighted by molar-refractivity contribution is -0.139. The van der Waals surface area contributed by atoms with Gasteiger partial charge in [-0.15, -0.1) is 0 Å². The fourth-order valence-electron chi connectivity index (χ4n) is 4.68. The molecule has 1 atom stereocenters. The van der Waals surface area contributed by atoms with Crippen LogP contribution in [0.2, 0.25) is 0 Å². The fraction of sp³-hybridized carbons (Fsp3) is 0.571. The smallest absolute Gasteiger partial charge is 0.222 e. The molecule has 1 amide bonds. The molecule has 0 aliphatic carbocycles. The molecule has 4 heterocycles.